The third-order valence-electron chi connectivity index (χ3n) is 4.96. The first-order chi connectivity index (χ1) is 14.5. The highest BCUT2D eigenvalue weighted by Gasteiger charge is 2.25. The molecule has 1 saturated heterocycles. The van der Waals surface area contributed by atoms with Gasteiger partial charge < -0.3 is 19.7 Å². The summed E-state index contributed by atoms with van der Waals surface area (Å²) in [4.78, 5) is 38.3. The predicted molar refractivity (Wildman–Crippen MR) is 112 cm³/mol. The van der Waals surface area contributed by atoms with Gasteiger partial charge in [0.05, 0.1) is 6.61 Å². The largest absolute Gasteiger partial charge is 0.513 e. The number of likely N-dealkylation sites (tertiary alicyclic amines) is 1. The summed E-state index contributed by atoms with van der Waals surface area (Å²) in [5.74, 6) is 0.148. The fourth-order valence-electron chi connectivity index (χ4n) is 3.37. The molecule has 0 saturated carbocycles. The molecule has 0 radical (unpaired) electrons. The maximum atomic E-state index is 12.6. The number of nitrogens with zero attached hydrogens (tertiary/aromatic N) is 1. The minimum Gasteiger partial charge on any atom is -0.434 e. The first kappa shape index (κ1) is 21.4. The van der Waals surface area contributed by atoms with E-state index in [2.05, 4.69) is 5.32 Å². The lowest BCUT2D eigenvalue weighted by molar-refractivity contribution is 0.0697. The number of carbonyl (C=O) groups excluding carboxylic acids is 3. The summed E-state index contributed by atoms with van der Waals surface area (Å²) < 4.78 is 9.70. The number of piperidine rings is 1. The van der Waals surface area contributed by atoms with Crippen molar-refractivity contribution in [3.8, 4) is 5.75 Å². The third kappa shape index (κ3) is 5.59. The van der Waals surface area contributed by atoms with Crippen molar-refractivity contribution >= 4 is 18.0 Å². The van der Waals surface area contributed by atoms with Crippen LogP contribution >= 0.6 is 0 Å². The Morgan fingerprint density at radius 3 is 2.37 bits per heavy atom. The van der Waals surface area contributed by atoms with Crippen LogP contribution in [0, 0.1) is 6.92 Å². The van der Waals surface area contributed by atoms with E-state index in [4.69, 9.17) is 9.47 Å². The summed E-state index contributed by atoms with van der Waals surface area (Å²) in [5, 5.41) is 3.01. The predicted octanol–water partition coefficient (Wildman–Crippen LogP) is 3.56. The molecule has 1 aliphatic rings. The second kappa shape index (κ2) is 9.91. The van der Waals surface area contributed by atoms with Crippen LogP contribution in [-0.4, -0.2) is 48.6 Å². The molecule has 30 heavy (non-hydrogen) atoms. The minimum atomic E-state index is -0.776. The van der Waals surface area contributed by atoms with Crippen LogP contribution in [0.2, 0.25) is 0 Å². The number of rotatable bonds is 5. The summed E-state index contributed by atoms with van der Waals surface area (Å²) in [7, 11) is 0. The lowest BCUT2D eigenvalue weighted by Crippen LogP contribution is -2.46. The topological polar surface area (TPSA) is 84.9 Å². The van der Waals surface area contributed by atoms with Crippen molar-refractivity contribution in [3.63, 3.8) is 0 Å². The van der Waals surface area contributed by atoms with E-state index in [9.17, 15) is 14.4 Å². The maximum Gasteiger partial charge on any atom is 0.513 e. The zero-order valence-electron chi connectivity index (χ0n) is 17.2. The van der Waals surface area contributed by atoms with E-state index < -0.39 is 6.16 Å². The zero-order valence-corrected chi connectivity index (χ0v) is 17.2. The number of hydrogen-bond donors (Lipinski definition) is 1. The number of amides is 2. The molecule has 1 heterocycles. The normalized spacial score (nSPS) is 14.1. The van der Waals surface area contributed by atoms with E-state index in [1.54, 1.807) is 31.2 Å². The Bertz CT molecular complexity index is 902. The third-order valence-corrected chi connectivity index (χ3v) is 4.96. The van der Waals surface area contributed by atoms with Crippen LogP contribution in [-0.2, 0) is 4.74 Å². The molecule has 2 amide bonds. The Morgan fingerprint density at radius 2 is 1.73 bits per heavy atom. The zero-order chi connectivity index (χ0) is 21.5. The van der Waals surface area contributed by atoms with Gasteiger partial charge in [0.2, 0.25) is 0 Å². The molecule has 0 spiro atoms. The molecule has 2 aromatic rings. The standard InChI is InChI=1S/C23H26N2O5/c1-3-29-23(28)30-20-9-7-17(8-10-20)21(26)24-19-11-13-25(14-12-19)22(27)18-6-4-5-16(2)15-18/h4-10,15,19H,3,11-14H2,1-2H3,(H,24,26). The molecule has 7 heteroatoms. The summed E-state index contributed by atoms with van der Waals surface area (Å²) in [6.07, 6.45) is 0.627. The van der Waals surface area contributed by atoms with Gasteiger partial charge in [-0.1, -0.05) is 17.7 Å². The fourth-order valence-corrected chi connectivity index (χ4v) is 3.37. The van der Waals surface area contributed by atoms with E-state index in [1.165, 1.54) is 0 Å². The molecular formula is C23H26N2O5. The highest BCUT2D eigenvalue weighted by molar-refractivity contribution is 5.95. The van der Waals surface area contributed by atoms with Crippen LogP contribution in [0.25, 0.3) is 0 Å². The monoisotopic (exact) mass is 410 g/mol. The van der Waals surface area contributed by atoms with Crippen LogP contribution in [0.4, 0.5) is 4.79 Å². The van der Waals surface area contributed by atoms with Crippen molar-refractivity contribution in [2.24, 2.45) is 0 Å². The molecule has 1 N–H and O–H groups in total. The van der Waals surface area contributed by atoms with Gasteiger partial charge in [0, 0.05) is 30.3 Å². The maximum absolute atomic E-state index is 12.6. The number of carbonyl (C=O) groups is 3. The van der Waals surface area contributed by atoms with Crippen LogP contribution < -0.4 is 10.1 Å². The molecule has 3 rings (SSSR count). The van der Waals surface area contributed by atoms with Gasteiger partial charge in [-0.15, -0.1) is 0 Å². The van der Waals surface area contributed by atoms with Crippen LogP contribution in [0.3, 0.4) is 0 Å². The Hall–Kier alpha value is -3.35. The average Bonchev–Trinajstić information content (AvgIpc) is 2.74. The molecule has 0 atom stereocenters. The molecule has 0 bridgehead atoms. The SMILES string of the molecule is CCOC(=O)Oc1ccc(C(=O)NC2CCN(C(=O)c3cccc(C)c3)CC2)cc1. The van der Waals surface area contributed by atoms with Crippen molar-refractivity contribution in [2.75, 3.05) is 19.7 Å². The van der Waals surface area contributed by atoms with Gasteiger partial charge in [-0.25, -0.2) is 4.79 Å². The van der Waals surface area contributed by atoms with Gasteiger partial charge in [0.15, 0.2) is 0 Å². The van der Waals surface area contributed by atoms with Crippen molar-refractivity contribution in [1.82, 2.24) is 10.2 Å². The Morgan fingerprint density at radius 1 is 1.03 bits per heavy atom. The van der Waals surface area contributed by atoms with E-state index in [0.717, 1.165) is 5.56 Å². The number of hydrogen-bond acceptors (Lipinski definition) is 5. The first-order valence-electron chi connectivity index (χ1n) is 10.1. The smallest absolute Gasteiger partial charge is 0.434 e. The van der Waals surface area contributed by atoms with Gasteiger partial charge >= 0.3 is 6.16 Å². The van der Waals surface area contributed by atoms with Gasteiger partial charge in [0.25, 0.3) is 11.8 Å². The quantitative estimate of drug-likeness (QED) is 0.602. The fraction of sp³-hybridized carbons (Fsp3) is 0.348. The van der Waals surface area contributed by atoms with E-state index in [-0.39, 0.29) is 24.5 Å². The number of aryl methyl sites for hydroxylation is 1. The van der Waals surface area contributed by atoms with E-state index in [0.29, 0.717) is 42.8 Å². The number of nitrogens with one attached hydrogen (secondary N) is 1. The second-order valence-electron chi connectivity index (χ2n) is 7.22. The minimum absolute atomic E-state index is 0.00881. The van der Waals surface area contributed by atoms with Gasteiger partial charge in [-0.2, -0.15) is 0 Å². The molecule has 2 aromatic carbocycles. The van der Waals surface area contributed by atoms with Crippen molar-refractivity contribution < 1.29 is 23.9 Å². The van der Waals surface area contributed by atoms with Crippen LogP contribution in [0.15, 0.2) is 48.5 Å². The number of ether oxygens (including phenoxy) is 2. The average molecular weight is 410 g/mol. The van der Waals surface area contributed by atoms with Gasteiger partial charge in [-0.3, -0.25) is 9.59 Å². The molecule has 7 nitrogen and oxygen atoms in total. The van der Waals surface area contributed by atoms with Crippen molar-refractivity contribution in [1.29, 1.82) is 0 Å². The summed E-state index contributed by atoms with van der Waals surface area (Å²) in [5.41, 5.74) is 2.23. The van der Waals surface area contributed by atoms with Crippen LogP contribution in [0.5, 0.6) is 5.75 Å². The van der Waals surface area contributed by atoms with Gasteiger partial charge in [0.1, 0.15) is 5.75 Å². The van der Waals surface area contributed by atoms with Crippen LogP contribution in [0.1, 0.15) is 46.0 Å². The molecular weight excluding hydrogens is 384 g/mol. The second-order valence-corrected chi connectivity index (χ2v) is 7.22. The molecule has 0 unspecified atom stereocenters. The lowest BCUT2D eigenvalue weighted by atomic mass is 10.0. The van der Waals surface area contributed by atoms with Crippen molar-refractivity contribution in [2.45, 2.75) is 32.7 Å². The van der Waals surface area contributed by atoms with E-state index in [1.807, 2.05) is 36.1 Å². The molecule has 1 aliphatic heterocycles. The van der Waals surface area contributed by atoms with Crippen molar-refractivity contribution in [3.05, 3.63) is 65.2 Å². The highest BCUT2D eigenvalue weighted by atomic mass is 16.7. The Kier molecular flexibility index (Phi) is 7.06. The highest BCUT2D eigenvalue weighted by Crippen LogP contribution is 2.17. The Labute approximate surface area is 176 Å². The lowest BCUT2D eigenvalue weighted by Gasteiger charge is -2.32. The summed E-state index contributed by atoms with van der Waals surface area (Å²) in [6.45, 7) is 5.09. The summed E-state index contributed by atoms with van der Waals surface area (Å²) >= 11 is 0. The molecule has 158 valence electrons. The first-order valence-corrected chi connectivity index (χ1v) is 10.1. The summed E-state index contributed by atoms with van der Waals surface area (Å²) in [6, 6.07) is 13.9. The van der Waals surface area contributed by atoms with E-state index >= 15 is 0 Å². The number of benzene rings is 2. The van der Waals surface area contributed by atoms with Gasteiger partial charge in [-0.05, 0) is 63.1 Å². The molecule has 0 aliphatic carbocycles. The Balaban J connectivity index is 1.49. The molecule has 1 fully saturated rings. The molecule has 0 aromatic heterocycles.